The molecule has 10 aromatic rings. The van der Waals surface area contributed by atoms with Crippen LogP contribution in [-0.2, 0) is 10.8 Å². The summed E-state index contributed by atoms with van der Waals surface area (Å²) in [7, 11) is 0. The van der Waals surface area contributed by atoms with E-state index in [2.05, 4.69) is 223 Å². The molecular formula is C60H38Cl2N2. The fourth-order valence-corrected chi connectivity index (χ4v) is 12.0. The van der Waals surface area contributed by atoms with E-state index in [9.17, 15) is 0 Å². The van der Waals surface area contributed by atoms with Crippen LogP contribution < -0.4 is 10.2 Å². The quantitative estimate of drug-likeness (QED) is 0.177. The first-order valence-electron chi connectivity index (χ1n) is 21.8. The lowest BCUT2D eigenvalue weighted by Crippen LogP contribution is -2.36. The van der Waals surface area contributed by atoms with Crippen LogP contribution in [0.4, 0.5) is 28.4 Å². The number of nitrogens with one attached hydrogen (secondary N) is 1. The summed E-state index contributed by atoms with van der Waals surface area (Å²) in [6.07, 6.45) is 0. The van der Waals surface area contributed by atoms with Gasteiger partial charge in [0, 0.05) is 26.8 Å². The van der Waals surface area contributed by atoms with E-state index >= 15 is 0 Å². The van der Waals surface area contributed by atoms with Crippen LogP contribution in [0.5, 0.6) is 0 Å². The Morgan fingerprint density at radius 1 is 0.312 bits per heavy atom. The summed E-state index contributed by atoms with van der Waals surface area (Å²) in [5, 5.41) is 7.64. The van der Waals surface area contributed by atoms with Gasteiger partial charge in [0.2, 0.25) is 0 Å². The van der Waals surface area contributed by atoms with Gasteiger partial charge in [-0.2, -0.15) is 0 Å². The van der Waals surface area contributed by atoms with E-state index in [1.165, 1.54) is 94.6 Å². The third-order valence-electron chi connectivity index (χ3n) is 14.1. The van der Waals surface area contributed by atoms with Gasteiger partial charge in [0.1, 0.15) is 0 Å². The zero-order valence-corrected chi connectivity index (χ0v) is 36.1. The molecule has 0 aromatic heterocycles. The van der Waals surface area contributed by atoms with Gasteiger partial charge in [-0.25, -0.2) is 0 Å². The SMILES string of the molecule is Clc1ccc2c(c1)C1(c3ccccc3-2)c2ccccc2N(c2cccc3ccccc23)c2ccccc21.Clc1ccc2c(c1)C1(c3ccccc3Nc3ccccc31)c1ccccc1-2. The fraction of sp³-hybridized carbons (Fsp3) is 0.0333. The van der Waals surface area contributed by atoms with Gasteiger partial charge < -0.3 is 10.2 Å². The predicted molar refractivity (Wildman–Crippen MR) is 267 cm³/mol. The zero-order valence-electron chi connectivity index (χ0n) is 34.6. The Kier molecular flexibility index (Phi) is 8.18. The van der Waals surface area contributed by atoms with Crippen LogP contribution in [-0.4, -0.2) is 0 Å². The van der Waals surface area contributed by atoms with Crippen molar-refractivity contribution in [2.75, 3.05) is 10.2 Å². The number of para-hydroxylation sites is 4. The van der Waals surface area contributed by atoms with Crippen molar-refractivity contribution >= 4 is 62.4 Å². The summed E-state index contributed by atoms with van der Waals surface area (Å²) in [6, 6.07) is 80.5. The minimum Gasteiger partial charge on any atom is -0.355 e. The summed E-state index contributed by atoms with van der Waals surface area (Å²) in [5.41, 5.74) is 20.4. The molecule has 0 saturated carbocycles. The Morgan fingerprint density at radius 2 is 0.703 bits per heavy atom. The minimum absolute atomic E-state index is 0.352. The van der Waals surface area contributed by atoms with Crippen molar-refractivity contribution in [2.45, 2.75) is 10.8 Å². The first-order chi connectivity index (χ1) is 31.6. The first-order valence-corrected chi connectivity index (χ1v) is 22.6. The van der Waals surface area contributed by atoms with Crippen LogP contribution in [0.3, 0.4) is 0 Å². The molecule has 4 aliphatic rings. The van der Waals surface area contributed by atoms with Crippen LogP contribution in [0, 0.1) is 0 Å². The summed E-state index contributed by atoms with van der Waals surface area (Å²) >= 11 is 13.2. The van der Waals surface area contributed by atoms with E-state index in [0.29, 0.717) is 0 Å². The molecule has 2 aliphatic carbocycles. The molecule has 302 valence electrons. The molecule has 14 rings (SSSR count). The molecule has 2 aliphatic heterocycles. The molecule has 0 atom stereocenters. The predicted octanol–water partition coefficient (Wildman–Crippen LogP) is 16.4. The highest BCUT2D eigenvalue weighted by atomic mass is 35.5. The fourth-order valence-electron chi connectivity index (χ4n) is 11.7. The number of hydrogen-bond donors (Lipinski definition) is 1. The molecule has 4 heteroatoms. The number of hydrogen-bond acceptors (Lipinski definition) is 2. The molecule has 2 heterocycles. The number of rotatable bonds is 1. The number of fused-ring (bicyclic) bond motifs is 19. The van der Waals surface area contributed by atoms with Crippen LogP contribution in [0.1, 0.15) is 44.5 Å². The van der Waals surface area contributed by atoms with Crippen LogP contribution >= 0.6 is 23.2 Å². The smallest absolute Gasteiger partial charge is 0.0754 e. The Hall–Kier alpha value is -7.36. The van der Waals surface area contributed by atoms with E-state index in [4.69, 9.17) is 23.2 Å². The van der Waals surface area contributed by atoms with Gasteiger partial charge >= 0.3 is 0 Å². The second kappa shape index (κ2) is 14.1. The normalized spacial score (nSPS) is 14.4. The summed E-state index contributed by atoms with van der Waals surface area (Å²) in [5.74, 6) is 0. The van der Waals surface area contributed by atoms with Crippen molar-refractivity contribution in [1.29, 1.82) is 0 Å². The van der Waals surface area contributed by atoms with Gasteiger partial charge in [0.25, 0.3) is 0 Å². The van der Waals surface area contributed by atoms with Crippen LogP contribution in [0.2, 0.25) is 10.0 Å². The van der Waals surface area contributed by atoms with Gasteiger partial charge in [-0.05, 0) is 127 Å². The number of halogens is 2. The molecule has 2 spiro atoms. The molecule has 0 unspecified atom stereocenters. The number of nitrogens with zero attached hydrogens (tertiary/aromatic N) is 1. The van der Waals surface area contributed by atoms with E-state index in [1.807, 2.05) is 12.1 Å². The molecule has 10 aromatic carbocycles. The summed E-state index contributed by atoms with van der Waals surface area (Å²) in [4.78, 5) is 2.45. The molecule has 0 bridgehead atoms. The maximum atomic E-state index is 6.70. The monoisotopic (exact) mass is 856 g/mol. The van der Waals surface area contributed by atoms with E-state index in [0.717, 1.165) is 21.4 Å². The Bertz CT molecular complexity index is 3450. The third-order valence-corrected chi connectivity index (χ3v) is 14.5. The van der Waals surface area contributed by atoms with Crippen molar-refractivity contribution in [3.05, 3.63) is 279 Å². The van der Waals surface area contributed by atoms with E-state index < -0.39 is 5.41 Å². The average Bonchev–Trinajstić information content (AvgIpc) is 3.79. The van der Waals surface area contributed by atoms with E-state index in [1.54, 1.807) is 0 Å². The van der Waals surface area contributed by atoms with Gasteiger partial charge in [0.15, 0.2) is 0 Å². The molecule has 0 radical (unpaired) electrons. The second-order valence-corrected chi connectivity index (χ2v) is 17.9. The van der Waals surface area contributed by atoms with Gasteiger partial charge in [0.05, 0.1) is 27.9 Å². The Morgan fingerprint density at radius 3 is 1.27 bits per heavy atom. The van der Waals surface area contributed by atoms with Crippen molar-refractivity contribution in [3.63, 3.8) is 0 Å². The molecule has 64 heavy (non-hydrogen) atoms. The van der Waals surface area contributed by atoms with Crippen molar-refractivity contribution in [3.8, 4) is 22.3 Å². The largest absolute Gasteiger partial charge is 0.355 e. The molecular weight excluding hydrogens is 820 g/mol. The van der Waals surface area contributed by atoms with Crippen molar-refractivity contribution in [1.82, 2.24) is 0 Å². The summed E-state index contributed by atoms with van der Waals surface area (Å²) < 4.78 is 0. The lowest BCUT2D eigenvalue weighted by Gasteiger charge is -2.45. The minimum atomic E-state index is -0.453. The van der Waals surface area contributed by atoms with Crippen molar-refractivity contribution in [2.24, 2.45) is 0 Å². The van der Waals surface area contributed by atoms with Crippen LogP contribution in [0.25, 0.3) is 33.0 Å². The number of benzene rings is 10. The number of anilines is 5. The first kappa shape index (κ1) is 37.2. The van der Waals surface area contributed by atoms with Gasteiger partial charge in [-0.1, -0.05) is 193 Å². The summed E-state index contributed by atoms with van der Waals surface area (Å²) in [6.45, 7) is 0. The highest BCUT2D eigenvalue weighted by molar-refractivity contribution is 6.31. The van der Waals surface area contributed by atoms with Gasteiger partial charge in [-0.15, -0.1) is 0 Å². The average molecular weight is 858 g/mol. The molecule has 1 N–H and O–H groups in total. The van der Waals surface area contributed by atoms with Gasteiger partial charge in [-0.3, -0.25) is 0 Å². The Labute approximate surface area is 382 Å². The highest BCUT2D eigenvalue weighted by Crippen LogP contribution is 2.64. The lowest BCUT2D eigenvalue weighted by atomic mass is 9.64. The third kappa shape index (κ3) is 4.98. The second-order valence-electron chi connectivity index (χ2n) is 17.1. The molecule has 2 nitrogen and oxygen atoms in total. The molecule has 0 saturated heterocycles. The Balaban J connectivity index is 0.000000135. The zero-order chi connectivity index (χ0) is 42.6. The maximum absolute atomic E-state index is 6.70. The molecule has 0 fully saturated rings. The molecule has 0 amide bonds. The highest BCUT2D eigenvalue weighted by Gasteiger charge is 2.52. The van der Waals surface area contributed by atoms with Crippen molar-refractivity contribution < 1.29 is 0 Å². The standard InChI is InChI=1S/C35H22ClN.C25H16ClN/c36-24-20-21-27-26-13-3-4-14-28(26)35(31(27)22-24)29-15-5-7-17-33(29)37(34-18-8-6-16-30(34)35)32-19-9-11-23-10-1-2-12-25(23)32;26-16-13-14-18-17-7-1-2-8-19(17)25(22(18)15-16)20-9-3-5-11-23(20)27-24-12-6-4-10-21(24)25/h1-22H;1-15,27H. The maximum Gasteiger partial charge on any atom is 0.0754 e. The van der Waals surface area contributed by atoms with Crippen LogP contribution in [0.15, 0.2) is 224 Å². The lowest BCUT2D eigenvalue weighted by molar-refractivity contribution is 0.753. The topological polar surface area (TPSA) is 15.3 Å². The van der Waals surface area contributed by atoms with E-state index in [-0.39, 0.29) is 5.41 Å².